The Hall–Kier alpha value is -3.18. The average Bonchev–Trinajstić information content (AvgIpc) is 3.54. The number of nitrogens with one attached hydrogen (secondary N) is 1. The van der Waals surface area contributed by atoms with Crippen LogP contribution in [0.5, 0.6) is 0 Å². The molecule has 0 aliphatic carbocycles. The Kier molecular flexibility index (Phi) is 5.64. The molecular weight excluding hydrogens is 458 g/mol. The van der Waals surface area contributed by atoms with Gasteiger partial charge in [0.05, 0.1) is 5.36 Å². The molecule has 3 aliphatic heterocycles. The molecule has 0 unspecified atom stereocenters. The van der Waals surface area contributed by atoms with E-state index in [1.165, 1.54) is 48.9 Å². The van der Waals surface area contributed by atoms with Crippen molar-refractivity contribution in [3.63, 3.8) is 0 Å². The van der Waals surface area contributed by atoms with Crippen LogP contribution in [0, 0.1) is 0 Å². The first-order valence-corrected chi connectivity index (χ1v) is 16.4. The summed E-state index contributed by atoms with van der Waals surface area (Å²) >= 11 is 0. The van der Waals surface area contributed by atoms with Crippen molar-refractivity contribution in [3.05, 3.63) is 86.9 Å². The molecule has 0 aromatic heterocycles. The van der Waals surface area contributed by atoms with Gasteiger partial charge in [-0.3, -0.25) is 9.79 Å². The van der Waals surface area contributed by atoms with Gasteiger partial charge in [-0.25, -0.2) is 0 Å². The average molecular weight is 494 g/mol. The maximum absolute atomic E-state index is 13.7. The van der Waals surface area contributed by atoms with Gasteiger partial charge in [0, 0.05) is 37.9 Å². The van der Waals surface area contributed by atoms with E-state index < -0.39 is 8.07 Å². The van der Waals surface area contributed by atoms with Crippen LogP contribution in [0.1, 0.15) is 52.4 Å². The highest BCUT2D eigenvalue weighted by molar-refractivity contribution is 7.01. The number of fused-ring (bicyclic) bond motifs is 4. The van der Waals surface area contributed by atoms with Gasteiger partial charge in [0.1, 0.15) is 8.07 Å². The van der Waals surface area contributed by atoms with Gasteiger partial charge in [-0.15, -0.1) is 0 Å². The summed E-state index contributed by atoms with van der Waals surface area (Å²) in [5.74, 6) is 0.107. The molecule has 3 aliphatic rings. The number of carbonyl (C=O) groups is 1. The van der Waals surface area contributed by atoms with E-state index in [4.69, 9.17) is 4.99 Å². The van der Waals surface area contributed by atoms with Crippen LogP contribution in [0.15, 0.2) is 53.5 Å². The second kappa shape index (κ2) is 8.73. The smallest absolute Gasteiger partial charge is 0.254 e. The molecule has 1 N–H and O–H groups in total. The Morgan fingerprint density at radius 1 is 1.03 bits per heavy atom. The third kappa shape index (κ3) is 3.55. The van der Waals surface area contributed by atoms with E-state index in [9.17, 15) is 4.79 Å². The van der Waals surface area contributed by atoms with E-state index in [-0.39, 0.29) is 5.91 Å². The number of hydrogen-bond acceptors (Lipinski definition) is 3. The lowest BCUT2D eigenvalue weighted by Crippen LogP contribution is -2.63. The fourth-order valence-electron chi connectivity index (χ4n) is 6.24. The van der Waals surface area contributed by atoms with E-state index in [0.717, 1.165) is 56.4 Å². The van der Waals surface area contributed by atoms with E-state index in [2.05, 4.69) is 61.7 Å². The highest BCUT2D eigenvalue weighted by atomic mass is 28.3. The van der Waals surface area contributed by atoms with Crippen LogP contribution in [-0.2, 0) is 12.8 Å². The fourth-order valence-corrected chi connectivity index (χ4v) is 9.28. The molecule has 4 nitrogen and oxygen atoms in total. The second-order valence-corrected chi connectivity index (χ2v) is 15.3. The number of nitrogens with zero attached hydrogens (tertiary/aromatic N) is 2. The molecule has 36 heavy (non-hydrogen) atoms. The van der Waals surface area contributed by atoms with Crippen molar-refractivity contribution in [1.82, 2.24) is 4.90 Å². The summed E-state index contributed by atoms with van der Waals surface area (Å²) in [5.41, 5.74) is 8.42. The molecule has 184 valence electrons. The van der Waals surface area contributed by atoms with Crippen LogP contribution in [-0.4, -0.2) is 45.6 Å². The molecule has 0 spiro atoms. The lowest BCUT2D eigenvalue weighted by molar-refractivity contribution is 0.0793. The number of carbonyl (C=O) groups excluding carboxylic acids is 1. The first kappa shape index (κ1) is 23.2. The van der Waals surface area contributed by atoms with Gasteiger partial charge in [-0.05, 0) is 93.0 Å². The highest BCUT2D eigenvalue weighted by Gasteiger charge is 2.37. The Labute approximate surface area is 214 Å². The number of hydrogen-bond donors (Lipinski definition) is 1. The first-order valence-electron chi connectivity index (χ1n) is 13.4. The van der Waals surface area contributed by atoms with Crippen LogP contribution in [0.4, 0.5) is 5.69 Å². The van der Waals surface area contributed by atoms with E-state index in [1.54, 1.807) is 0 Å². The number of unbranched alkanes of at least 4 members (excludes halogenated alkanes) is 1. The molecule has 3 aromatic carbocycles. The van der Waals surface area contributed by atoms with Crippen molar-refractivity contribution in [1.29, 1.82) is 0 Å². The molecule has 0 saturated heterocycles. The molecule has 0 fully saturated rings. The summed E-state index contributed by atoms with van der Waals surface area (Å²) < 4.78 is 0. The summed E-state index contributed by atoms with van der Waals surface area (Å²) in [6, 6.07) is 17.9. The number of amides is 1. The quantitative estimate of drug-likeness (QED) is 0.555. The lowest BCUT2D eigenvalue weighted by atomic mass is 9.89. The number of rotatable bonds is 5. The minimum atomic E-state index is -1.99. The monoisotopic (exact) mass is 493 g/mol. The van der Waals surface area contributed by atoms with E-state index in [0.29, 0.717) is 0 Å². The zero-order valence-corrected chi connectivity index (χ0v) is 22.9. The first-order chi connectivity index (χ1) is 17.4. The van der Waals surface area contributed by atoms with Crippen molar-refractivity contribution >= 4 is 35.6 Å². The Balaban J connectivity index is 1.67. The van der Waals surface area contributed by atoms with Crippen molar-refractivity contribution in [2.24, 2.45) is 4.99 Å². The van der Waals surface area contributed by atoms with Crippen molar-refractivity contribution < 1.29 is 4.79 Å². The summed E-state index contributed by atoms with van der Waals surface area (Å²) in [5, 5.41) is 8.98. The van der Waals surface area contributed by atoms with Gasteiger partial charge in [0.25, 0.3) is 5.91 Å². The Morgan fingerprint density at radius 3 is 2.69 bits per heavy atom. The van der Waals surface area contributed by atoms with Crippen molar-refractivity contribution in [2.45, 2.75) is 45.7 Å². The van der Waals surface area contributed by atoms with Crippen LogP contribution in [0.3, 0.4) is 0 Å². The number of anilines is 1. The highest BCUT2D eigenvalue weighted by Crippen LogP contribution is 2.32. The molecule has 3 aromatic rings. The second-order valence-electron chi connectivity index (χ2n) is 11.0. The Bertz CT molecular complexity index is 1520. The van der Waals surface area contributed by atoms with Crippen LogP contribution < -0.4 is 26.3 Å². The molecule has 3 heterocycles. The van der Waals surface area contributed by atoms with Gasteiger partial charge >= 0.3 is 0 Å². The predicted molar refractivity (Wildman–Crippen MR) is 151 cm³/mol. The third-order valence-corrected chi connectivity index (χ3v) is 11.9. The molecule has 0 bridgehead atoms. The molecule has 6 rings (SSSR count). The molecular formula is C31H35N3OSi. The van der Waals surface area contributed by atoms with Gasteiger partial charge < -0.3 is 10.2 Å². The van der Waals surface area contributed by atoms with E-state index in [1.807, 2.05) is 24.1 Å². The molecule has 5 heteroatoms. The molecule has 1 amide bonds. The standard InChI is InChI=1S/C31H35N3OSi/c1-5-6-15-34(2)31(35)23-10-8-7-9-22(23)30-24-16-20-11-13-32-26(20)18-28(24)36(3,4)29-19-27-21(12-14-33-27)17-25(29)30/h7-10,16-19,32H,5-6,11-15H2,1-4H3. The fraction of sp³-hybridized carbons (Fsp3) is 0.355. The zero-order valence-electron chi connectivity index (χ0n) is 21.9. The maximum Gasteiger partial charge on any atom is 0.254 e. The van der Waals surface area contributed by atoms with Crippen LogP contribution in [0.2, 0.25) is 13.1 Å². The van der Waals surface area contributed by atoms with Crippen molar-refractivity contribution in [3.8, 4) is 0 Å². The van der Waals surface area contributed by atoms with Gasteiger partial charge in [-0.2, -0.15) is 0 Å². The molecule has 0 radical (unpaired) electrons. The SMILES string of the molecule is CCCCN(C)C(=O)c1ccccc1C1=c2cc3c(cc2[Si](C)(C)c2cc4c(cc21)CCN4)=NCC3. The minimum absolute atomic E-state index is 0.107. The maximum atomic E-state index is 13.7. The Morgan fingerprint density at radius 2 is 1.86 bits per heavy atom. The summed E-state index contributed by atoms with van der Waals surface area (Å²) in [6.07, 6.45) is 4.14. The largest absolute Gasteiger partial charge is 0.384 e. The van der Waals surface area contributed by atoms with Crippen molar-refractivity contribution in [2.75, 3.05) is 32.0 Å². The van der Waals surface area contributed by atoms with Gasteiger partial charge in [0.15, 0.2) is 0 Å². The van der Waals surface area contributed by atoms with Crippen LogP contribution >= 0.6 is 0 Å². The molecule has 0 saturated carbocycles. The molecule has 0 atom stereocenters. The predicted octanol–water partition coefficient (Wildman–Crippen LogP) is 3.09. The summed E-state index contributed by atoms with van der Waals surface area (Å²) in [7, 11) is -0.0566. The normalized spacial score (nSPS) is 16.4. The topological polar surface area (TPSA) is 44.7 Å². The summed E-state index contributed by atoms with van der Waals surface area (Å²) in [4.78, 5) is 20.4. The zero-order chi connectivity index (χ0) is 25.0. The van der Waals surface area contributed by atoms with Gasteiger partial charge in [-0.1, -0.05) is 44.6 Å². The van der Waals surface area contributed by atoms with Crippen LogP contribution in [0.25, 0.3) is 5.57 Å². The third-order valence-electron chi connectivity index (χ3n) is 8.34. The number of benzene rings is 3. The summed E-state index contributed by atoms with van der Waals surface area (Å²) in [6.45, 7) is 9.76. The van der Waals surface area contributed by atoms with E-state index >= 15 is 0 Å². The minimum Gasteiger partial charge on any atom is -0.384 e. The lowest BCUT2D eigenvalue weighted by Gasteiger charge is -2.34. The van der Waals surface area contributed by atoms with Gasteiger partial charge in [0.2, 0.25) is 0 Å².